The highest BCUT2D eigenvalue weighted by Crippen LogP contribution is 2.40. The van der Waals surface area contributed by atoms with E-state index >= 15 is 4.39 Å². The lowest BCUT2D eigenvalue weighted by Crippen LogP contribution is -2.26. The van der Waals surface area contributed by atoms with E-state index in [0.717, 1.165) is 9.64 Å². The number of anilines is 4. The number of hydrogen-bond donors (Lipinski definition) is 5. The molecule has 0 aliphatic carbocycles. The highest BCUT2D eigenvalue weighted by molar-refractivity contribution is 14.1. The lowest BCUT2D eigenvalue weighted by atomic mass is 10.1. The van der Waals surface area contributed by atoms with E-state index in [0.29, 0.717) is 0 Å². The molecule has 35 heavy (non-hydrogen) atoms. The van der Waals surface area contributed by atoms with Gasteiger partial charge in [-0.2, -0.15) is 0 Å². The van der Waals surface area contributed by atoms with Crippen molar-refractivity contribution in [3.63, 3.8) is 0 Å². The number of benzene rings is 3. The third kappa shape index (κ3) is 6.15. The van der Waals surface area contributed by atoms with Crippen molar-refractivity contribution in [1.82, 2.24) is 5.32 Å². The lowest BCUT2D eigenvalue weighted by molar-refractivity contribution is -0.384. The second-order valence-corrected chi connectivity index (χ2v) is 8.65. The molecule has 0 spiro atoms. The highest BCUT2D eigenvalue weighted by Gasteiger charge is 2.28. The van der Waals surface area contributed by atoms with Crippen LogP contribution in [0, 0.1) is 19.5 Å². The number of aromatic carboxylic acids is 1. The molecule has 0 radical (unpaired) electrons. The van der Waals surface area contributed by atoms with Crippen molar-refractivity contribution in [3.05, 3.63) is 84.2 Å². The summed E-state index contributed by atoms with van der Waals surface area (Å²) in [7, 11) is 0. The van der Waals surface area contributed by atoms with Gasteiger partial charge in [0.25, 0.3) is 11.6 Å². The number of aliphatic hydroxyl groups excluding tert-OH is 1. The van der Waals surface area contributed by atoms with Gasteiger partial charge in [-0.3, -0.25) is 14.9 Å². The number of nitro groups is 1. The van der Waals surface area contributed by atoms with Crippen molar-refractivity contribution >= 4 is 74.5 Å². The Hall–Kier alpha value is -3.49. The number of amides is 1. The number of carbonyl (C=O) groups is 2. The Balaban J connectivity index is 2.05. The minimum Gasteiger partial charge on any atom is -0.478 e. The Morgan fingerprint density at radius 2 is 1.77 bits per heavy atom. The van der Waals surface area contributed by atoms with Crippen LogP contribution < -0.4 is 16.0 Å². The summed E-state index contributed by atoms with van der Waals surface area (Å²) in [5.41, 5.74) is -1.92. The fraction of sp³-hybridized carbons (Fsp3) is 0.0909. The number of carboxylic acids is 1. The number of nitro benzene ring substituents is 1. The first-order valence-electron chi connectivity index (χ1n) is 9.84. The van der Waals surface area contributed by atoms with Gasteiger partial charge in [-0.25, -0.2) is 9.18 Å². The van der Waals surface area contributed by atoms with Crippen molar-refractivity contribution in [2.75, 3.05) is 23.8 Å². The molecule has 0 bridgehead atoms. The standard InChI is InChI=1S/C22H17ClFIN4O6/c23-15-9-12(25)3-6-16(15)28-19-14(22(32)33)10-17(29(34)35)20(18(19)24)27-13-4-1-11(2-5-13)21(31)26-7-8-30/h1-6,9-10,27-28,30H,7-8H2,(H,26,31)(H,32,33). The van der Waals surface area contributed by atoms with Crippen molar-refractivity contribution < 1.29 is 29.1 Å². The third-order valence-corrected chi connectivity index (χ3v) is 5.66. The van der Waals surface area contributed by atoms with Gasteiger partial charge in [0.15, 0.2) is 11.5 Å². The minimum absolute atomic E-state index is 0.0620. The molecule has 10 nitrogen and oxygen atoms in total. The molecule has 3 aromatic rings. The van der Waals surface area contributed by atoms with Gasteiger partial charge >= 0.3 is 5.97 Å². The monoisotopic (exact) mass is 614 g/mol. The van der Waals surface area contributed by atoms with Crippen LogP contribution in [0.3, 0.4) is 0 Å². The summed E-state index contributed by atoms with van der Waals surface area (Å²) < 4.78 is 16.4. The molecule has 0 saturated carbocycles. The molecule has 3 rings (SSSR count). The molecule has 0 aliphatic rings. The van der Waals surface area contributed by atoms with E-state index in [4.69, 9.17) is 16.7 Å². The van der Waals surface area contributed by atoms with Gasteiger partial charge in [0, 0.05) is 27.4 Å². The van der Waals surface area contributed by atoms with Crippen molar-refractivity contribution in [2.24, 2.45) is 0 Å². The summed E-state index contributed by atoms with van der Waals surface area (Å²) in [6, 6.07) is 11.1. The van der Waals surface area contributed by atoms with Crippen LogP contribution in [0.2, 0.25) is 5.02 Å². The number of nitrogens with zero attached hydrogens (tertiary/aromatic N) is 1. The topological polar surface area (TPSA) is 154 Å². The van der Waals surface area contributed by atoms with Crippen LogP contribution in [0.4, 0.5) is 32.8 Å². The fourth-order valence-electron chi connectivity index (χ4n) is 3.04. The van der Waals surface area contributed by atoms with Crippen LogP contribution in [0.5, 0.6) is 0 Å². The molecule has 5 N–H and O–H groups in total. The average Bonchev–Trinajstić information content (AvgIpc) is 2.81. The average molecular weight is 615 g/mol. The summed E-state index contributed by atoms with van der Waals surface area (Å²) >= 11 is 8.20. The molecule has 0 aromatic heterocycles. The van der Waals surface area contributed by atoms with Crippen molar-refractivity contribution in [3.8, 4) is 0 Å². The van der Waals surface area contributed by atoms with E-state index in [2.05, 4.69) is 16.0 Å². The van der Waals surface area contributed by atoms with E-state index in [1.165, 1.54) is 30.3 Å². The normalized spacial score (nSPS) is 10.5. The van der Waals surface area contributed by atoms with Crippen molar-refractivity contribution in [1.29, 1.82) is 0 Å². The molecule has 13 heteroatoms. The van der Waals surface area contributed by atoms with E-state index in [-0.39, 0.29) is 35.1 Å². The molecule has 0 saturated heterocycles. The number of halogens is 3. The second kappa shape index (κ2) is 11.3. The van der Waals surface area contributed by atoms with Crippen LogP contribution in [0.1, 0.15) is 20.7 Å². The number of aliphatic hydroxyl groups is 1. The smallest absolute Gasteiger partial charge is 0.338 e. The molecule has 0 unspecified atom stereocenters. The second-order valence-electron chi connectivity index (χ2n) is 7.00. The van der Waals surface area contributed by atoms with Gasteiger partial charge in [0.1, 0.15) is 0 Å². The molecular weight excluding hydrogens is 598 g/mol. The predicted molar refractivity (Wildman–Crippen MR) is 137 cm³/mol. The van der Waals surface area contributed by atoms with Crippen LogP contribution >= 0.6 is 34.2 Å². The maximum absolute atomic E-state index is 15.6. The lowest BCUT2D eigenvalue weighted by Gasteiger charge is -2.16. The largest absolute Gasteiger partial charge is 0.478 e. The number of hydrogen-bond acceptors (Lipinski definition) is 7. The van der Waals surface area contributed by atoms with Gasteiger partial charge in [-0.05, 0) is 65.1 Å². The first kappa shape index (κ1) is 26.1. The molecular formula is C22H17ClFIN4O6. The number of nitrogens with one attached hydrogen (secondary N) is 3. The summed E-state index contributed by atoms with van der Waals surface area (Å²) in [5, 5.41) is 37.9. The summed E-state index contributed by atoms with van der Waals surface area (Å²) in [6.07, 6.45) is 0. The summed E-state index contributed by atoms with van der Waals surface area (Å²) in [5.74, 6) is -3.24. The maximum Gasteiger partial charge on any atom is 0.338 e. The van der Waals surface area contributed by atoms with Crippen molar-refractivity contribution in [2.45, 2.75) is 0 Å². The molecule has 0 fully saturated rings. The molecule has 0 heterocycles. The Morgan fingerprint density at radius 1 is 1.09 bits per heavy atom. The Morgan fingerprint density at radius 3 is 2.34 bits per heavy atom. The van der Waals surface area contributed by atoms with Gasteiger partial charge < -0.3 is 26.2 Å². The molecule has 0 aliphatic heterocycles. The Bertz CT molecular complexity index is 1310. The minimum atomic E-state index is -1.58. The van der Waals surface area contributed by atoms with E-state index < -0.39 is 45.2 Å². The van der Waals surface area contributed by atoms with Gasteiger partial charge in [-0.1, -0.05) is 11.6 Å². The van der Waals surface area contributed by atoms with Gasteiger partial charge in [0.2, 0.25) is 0 Å². The SMILES string of the molecule is O=C(NCCO)c1ccc(Nc2c([N+](=O)[O-])cc(C(=O)O)c(Nc3ccc(I)cc3Cl)c2F)cc1. The van der Waals surface area contributed by atoms with E-state index in [9.17, 15) is 24.8 Å². The molecule has 182 valence electrons. The number of carboxylic acid groups (broad SMARTS) is 1. The summed E-state index contributed by atoms with van der Waals surface area (Å²) in [4.78, 5) is 34.5. The predicted octanol–water partition coefficient (Wildman–Crippen LogP) is 4.90. The molecule has 1 amide bonds. The molecule has 0 atom stereocenters. The van der Waals surface area contributed by atoms with Gasteiger partial charge in [-0.15, -0.1) is 0 Å². The quantitative estimate of drug-likeness (QED) is 0.130. The summed E-state index contributed by atoms with van der Waals surface area (Å²) in [6.45, 7) is -0.170. The number of rotatable bonds is 9. The van der Waals surface area contributed by atoms with E-state index in [1.807, 2.05) is 22.6 Å². The first-order chi connectivity index (χ1) is 16.6. The Kier molecular flexibility index (Phi) is 8.43. The zero-order valence-corrected chi connectivity index (χ0v) is 20.6. The molecule has 3 aromatic carbocycles. The first-order valence-corrected chi connectivity index (χ1v) is 11.3. The van der Waals surface area contributed by atoms with Crippen LogP contribution in [-0.2, 0) is 0 Å². The van der Waals surface area contributed by atoms with Gasteiger partial charge in [0.05, 0.1) is 33.5 Å². The maximum atomic E-state index is 15.6. The van der Waals surface area contributed by atoms with E-state index in [1.54, 1.807) is 12.1 Å². The third-order valence-electron chi connectivity index (χ3n) is 4.68. The zero-order valence-electron chi connectivity index (χ0n) is 17.6. The highest BCUT2D eigenvalue weighted by atomic mass is 127. The Labute approximate surface area is 216 Å². The van der Waals surface area contributed by atoms with Crippen LogP contribution in [-0.4, -0.2) is 40.2 Å². The van der Waals surface area contributed by atoms with Crippen LogP contribution in [0.15, 0.2) is 48.5 Å². The number of carbonyl (C=O) groups excluding carboxylic acids is 1. The fourth-order valence-corrected chi connectivity index (χ4v) is 3.94. The van der Waals surface area contributed by atoms with Crippen LogP contribution in [0.25, 0.3) is 0 Å². The zero-order chi connectivity index (χ0) is 25.7.